The minimum absolute atomic E-state index is 0.104. The van der Waals surface area contributed by atoms with Gasteiger partial charge in [0.1, 0.15) is 5.54 Å². The first kappa shape index (κ1) is 16.3. The van der Waals surface area contributed by atoms with Crippen LogP contribution in [0.1, 0.15) is 34.6 Å². The lowest BCUT2D eigenvalue weighted by atomic mass is 10.1. The highest BCUT2D eigenvalue weighted by Crippen LogP contribution is 2.18. The predicted molar refractivity (Wildman–Crippen MR) is 65.9 cm³/mol. The Morgan fingerprint density at radius 2 is 1.88 bits per heavy atom. The van der Waals surface area contributed by atoms with Gasteiger partial charge in [-0.15, -0.1) is 0 Å². The Balaban J connectivity index is 5.06. The van der Waals surface area contributed by atoms with Crippen molar-refractivity contribution in [3.63, 3.8) is 0 Å². The maximum atomic E-state index is 12.0. The van der Waals surface area contributed by atoms with Crippen LogP contribution in [0.25, 0.3) is 0 Å². The van der Waals surface area contributed by atoms with E-state index in [0.29, 0.717) is 0 Å². The molecule has 0 aromatic heterocycles. The van der Waals surface area contributed by atoms with E-state index in [1.54, 1.807) is 6.92 Å². The van der Waals surface area contributed by atoms with Crippen LogP contribution >= 0.6 is 0 Å². The van der Waals surface area contributed by atoms with E-state index in [4.69, 9.17) is 5.11 Å². The smallest absolute Gasteiger partial charge is 0.324 e. The molecular weight excluding hydrogens is 244 g/mol. The van der Waals surface area contributed by atoms with Crippen LogP contribution in [0.15, 0.2) is 0 Å². The van der Waals surface area contributed by atoms with E-state index in [2.05, 4.69) is 4.72 Å². The maximum absolute atomic E-state index is 12.0. The number of likely N-dealkylation sites (N-methyl/N-ethyl adjacent to an activating group) is 1. The van der Waals surface area contributed by atoms with E-state index in [1.165, 1.54) is 13.8 Å². The molecule has 6 nitrogen and oxygen atoms in total. The summed E-state index contributed by atoms with van der Waals surface area (Å²) in [4.78, 5) is 11.1. The first-order valence-corrected chi connectivity index (χ1v) is 7.00. The molecule has 17 heavy (non-hydrogen) atoms. The van der Waals surface area contributed by atoms with Crippen molar-refractivity contribution in [2.24, 2.45) is 5.92 Å². The quantitative estimate of drug-likeness (QED) is 0.709. The van der Waals surface area contributed by atoms with Crippen LogP contribution in [0, 0.1) is 5.92 Å². The van der Waals surface area contributed by atoms with Crippen LogP contribution in [0.4, 0.5) is 0 Å². The van der Waals surface area contributed by atoms with Crippen molar-refractivity contribution in [2.45, 2.75) is 40.2 Å². The average Bonchev–Trinajstić information content (AvgIpc) is 2.14. The van der Waals surface area contributed by atoms with E-state index in [-0.39, 0.29) is 19.0 Å². The highest BCUT2D eigenvalue weighted by Gasteiger charge is 2.40. The molecule has 102 valence electrons. The monoisotopic (exact) mass is 266 g/mol. The average molecular weight is 266 g/mol. The van der Waals surface area contributed by atoms with Gasteiger partial charge in [-0.05, 0) is 19.8 Å². The second-order valence-electron chi connectivity index (χ2n) is 4.78. The summed E-state index contributed by atoms with van der Waals surface area (Å²) in [6.07, 6.45) is 0. The Morgan fingerprint density at radius 1 is 1.41 bits per heavy atom. The number of carboxylic acids is 1. The van der Waals surface area contributed by atoms with Gasteiger partial charge in [0.05, 0.1) is 0 Å². The summed E-state index contributed by atoms with van der Waals surface area (Å²) in [5, 5.41) is 9.05. The molecule has 0 bridgehead atoms. The lowest BCUT2D eigenvalue weighted by Gasteiger charge is -2.33. The maximum Gasteiger partial charge on any atom is 0.324 e. The minimum Gasteiger partial charge on any atom is -0.480 e. The molecule has 0 saturated carbocycles. The SMILES string of the molecule is CCN(C(C)(C)C(=O)O)S(=O)(=O)NCC(C)C. The molecule has 0 aliphatic rings. The fourth-order valence-corrected chi connectivity index (χ4v) is 3.04. The summed E-state index contributed by atoms with van der Waals surface area (Å²) in [5.41, 5.74) is -1.46. The van der Waals surface area contributed by atoms with Crippen molar-refractivity contribution in [3.05, 3.63) is 0 Å². The van der Waals surface area contributed by atoms with Crippen molar-refractivity contribution >= 4 is 16.2 Å². The minimum atomic E-state index is -3.77. The highest BCUT2D eigenvalue weighted by atomic mass is 32.2. The summed E-state index contributed by atoms with van der Waals surface area (Å²) in [7, 11) is -3.77. The molecule has 0 unspecified atom stereocenters. The van der Waals surface area contributed by atoms with Gasteiger partial charge in [0.15, 0.2) is 0 Å². The number of hydrogen-bond acceptors (Lipinski definition) is 3. The number of carboxylic acid groups (broad SMARTS) is 1. The van der Waals surface area contributed by atoms with Crippen molar-refractivity contribution in [2.75, 3.05) is 13.1 Å². The Bertz CT molecular complexity index is 363. The molecule has 0 saturated heterocycles. The predicted octanol–water partition coefficient (Wildman–Crippen LogP) is 0.662. The summed E-state index contributed by atoms with van der Waals surface area (Å²) in [5.74, 6) is -1.01. The lowest BCUT2D eigenvalue weighted by Crippen LogP contribution is -2.56. The van der Waals surface area contributed by atoms with Crippen LogP contribution in [-0.4, -0.2) is 42.4 Å². The third-order valence-corrected chi connectivity index (χ3v) is 4.22. The van der Waals surface area contributed by atoms with E-state index >= 15 is 0 Å². The number of nitrogens with zero attached hydrogens (tertiary/aromatic N) is 1. The number of carbonyl (C=O) groups is 1. The van der Waals surface area contributed by atoms with Gasteiger partial charge < -0.3 is 5.11 Å². The van der Waals surface area contributed by atoms with Crippen LogP contribution in [0.5, 0.6) is 0 Å². The van der Waals surface area contributed by atoms with Gasteiger partial charge in [0, 0.05) is 13.1 Å². The van der Waals surface area contributed by atoms with E-state index in [9.17, 15) is 13.2 Å². The molecule has 0 amide bonds. The number of rotatable bonds is 7. The Kier molecular flexibility index (Phi) is 5.57. The number of hydrogen-bond donors (Lipinski definition) is 2. The highest BCUT2D eigenvalue weighted by molar-refractivity contribution is 7.87. The Hall–Kier alpha value is -0.660. The molecule has 0 fully saturated rings. The van der Waals surface area contributed by atoms with E-state index in [0.717, 1.165) is 4.31 Å². The van der Waals surface area contributed by atoms with Gasteiger partial charge in [-0.2, -0.15) is 12.7 Å². The molecule has 0 aliphatic heterocycles. The zero-order chi connectivity index (χ0) is 13.9. The molecule has 0 aromatic carbocycles. The largest absolute Gasteiger partial charge is 0.480 e. The van der Waals surface area contributed by atoms with Crippen molar-refractivity contribution in [1.82, 2.24) is 9.03 Å². The molecule has 7 heteroatoms. The third kappa shape index (κ3) is 4.25. The zero-order valence-corrected chi connectivity index (χ0v) is 11.8. The molecule has 0 heterocycles. The first-order valence-electron chi connectivity index (χ1n) is 5.56. The number of aliphatic carboxylic acids is 1. The number of nitrogens with one attached hydrogen (secondary N) is 1. The van der Waals surface area contributed by atoms with Crippen LogP contribution < -0.4 is 4.72 Å². The normalized spacial score (nSPS) is 13.4. The molecule has 0 spiro atoms. The topological polar surface area (TPSA) is 86.7 Å². The van der Waals surface area contributed by atoms with E-state index in [1.807, 2.05) is 13.8 Å². The van der Waals surface area contributed by atoms with Crippen LogP contribution in [-0.2, 0) is 15.0 Å². The molecule has 0 rings (SSSR count). The Labute approximate surface area is 103 Å². The molecular formula is C10H22N2O4S. The summed E-state index contributed by atoms with van der Waals surface area (Å²) >= 11 is 0. The summed E-state index contributed by atoms with van der Waals surface area (Å²) in [6, 6.07) is 0. The summed E-state index contributed by atoms with van der Waals surface area (Å²) < 4.78 is 27.3. The van der Waals surface area contributed by atoms with Gasteiger partial charge in [0.2, 0.25) is 0 Å². The van der Waals surface area contributed by atoms with E-state index < -0.39 is 21.7 Å². The first-order chi connectivity index (χ1) is 7.55. The molecule has 0 atom stereocenters. The lowest BCUT2D eigenvalue weighted by molar-refractivity contribution is -0.146. The van der Waals surface area contributed by atoms with Gasteiger partial charge in [-0.25, -0.2) is 4.72 Å². The zero-order valence-electron chi connectivity index (χ0n) is 11.0. The van der Waals surface area contributed by atoms with Gasteiger partial charge in [0.25, 0.3) is 10.2 Å². The molecule has 0 radical (unpaired) electrons. The molecule has 2 N–H and O–H groups in total. The second-order valence-corrected chi connectivity index (χ2v) is 6.46. The molecule has 0 aromatic rings. The van der Waals surface area contributed by atoms with Crippen LogP contribution in [0.2, 0.25) is 0 Å². The second kappa shape index (κ2) is 5.79. The fourth-order valence-electron chi connectivity index (χ4n) is 1.32. The standard InChI is InChI=1S/C10H22N2O4S/c1-6-12(10(4,5)9(13)14)17(15,16)11-7-8(2)3/h8,11H,6-7H2,1-5H3,(H,13,14). The van der Waals surface area contributed by atoms with Crippen molar-refractivity contribution in [1.29, 1.82) is 0 Å². The Morgan fingerprint density at radius 3 is 2.18 bits per heavy atom. The van der Waals surface area contributed by atoms with Crippen molar-refractivity contribution < 1.29 is 18.3 Å². The third-order valence-electron chi connectivity index (χ3n) is 2.40. The fraction of sp³-hybridized carbons (Fsp3) is 0.900. The summed E-state index contributed by atoms with van der Waals surface area (Å²) in [6.45, 7) is 8.49. The van der Waals surface area contributed by atoms with Gasteiger partial charge >= 0.3 is 5.97 Å². The molecule has 0 aliphatic carbocycles. The van der Waals surface area contributed by atoms with Crippen LogP contribution in [0.3, 0.4) is 0 Å². The van der Waals surface area contributed by atoms with Gasteiger partial charge in [-0.1, -0.05) is 20.8 Å². The van der Waals surface area contributed by atoms with Gasteiger partial charge in [-0.3, -0.25) is 4.79 Å². The van der Waals surface area contributed by atoms with Crippen molar-refractivity contribution in [3.8, 4) is 0 Å².